The zero-order chi connectivity index (χ0) is 12.0. The van der Waals surface area contributed by atoms with Gasteiger partial charge in [-0.25, -0.2) is 0 Å². The normalized spacial score (nSPS) is 11.0. The molecule has 0 atom stereocenters. The maximum Gasteiger partial charge on any atom is 0.0385 e. The third-order valence-corrected chi connectivity index (χ3v) is 2.92. The first-order valence-corrected chi connectivity index (χ1v) is 5.93. The predicted octanol–water partition coefficient (Wildman–Crippen LogP) is 4.54. The number of nitrogens with one attached hydrogen (secondary N) is 1. The van der Waals surface area contributed by atoms with Crippen molar-refractivity contribution in [3.8, 4) is 0 Å². The molecule has 0 spiro atoms. The molecule has 0 bridgehead atoms. The van der Waals surface area contributed by atoms with Crippen molar-refractivity contribution in [3.63, 3.8) is 0 Å². The smallest absolute Gasteiger partial charge is 0.0385 e. The van der Waals surface area contributed by atoms with E-state index < -0.39 is 0 Å². The summed E-state index contributed by atoms with van der Waals surface area (Å²) in [6, 6.07) is 4.38. The molecule has 1 rings (SSSR count). The summed E-state index contributed by atoms with van der Waals surface area (Å²) < 4.78 is 0. The minimum absolute atomic E-state index is 1.01. The molecule has 0 saturated carbocycles. The van der Waals surface area contributed by atoms with E-state index in [0.717, 1.165) is 19.3 Å². The Hall–Kier alpha value is -1.24. The van der Waals surface area contributed by atoms with Gasteiger partial charge in [0.1, 0.15) is 0 Å². The topological polar surface area (TPSA) is 12.0 Å². The number of allylic oxidation sites excluding steroid dienone is 1. The van der Waals surface area contributed by atoms with Gasteiger partial charge in [-0.2, -0.15) is 0 Å². The van der Waals surface area contributed by atoms with E-state index in [0.29, 0.717) is 0 Å². The SMILES string of the molecule is [CH2]CCC/C=C/Nc1cc(C)c(C)c(C)c1. The van der Waals surface area contributed by atoms with Crippen LogP contribution in [0.1, 0.15) is 36.0 Å². The lowest BCUT2D eigenvalue weighted by molar-refractivity contribution is 0.865. The van der Waals surface area contributed by atoms with Gasteiger partial charge in [-0.1, -0.05) is 19.4 Å². The first-order chi connectivity index (χ1) is 7.65. The minimum atomic E-state index is 1.01. The molecule has 0 fully saturated rings. The lowest BCUT2D eigenvalue weighted by Gasteiger charge is -2.08. The average Bonchev–Trinajstić information content (AvgIpc) is 2.25. The number of anilines is 1. The molecule has 16 heavy (non-hydrogen) atoms. The molecular weight excluding hydrogens is 194 g/mol. The van der Waals surface area contributed by atoms with Gasteiger partial charge in [-0.3, -0.25) is 0 Å². The van der Waals surface area contributed by atoms with Crippen LogP contribution in [0, 0.1) is 27.7 Å². The van der Waals surface area contributed by atoms with Crippen molar-refractivity contribution in [1.82, 2.24) is 0 Å². The Morgan fingerprint density at radius 1 is 1.19 bits per heavy atom. The number of hydrogen-bond acceptors (Lipinski definition) is 1. The highest BCUT2D eigenvalue weighted by molar-refractivity contribution is 5.53. The first kappa shape index (κ1) is 12.8. The molecule has 0 heterocycles. The van der Waals surface area contributed by atoms with Crippen molar-refractivity contribution < 1.29 is 0 Å². The molecule has 1 N–H and O–H groups in total. The molecule has 0 aromatic heterocycles. The van der Waals surface area contributed by atoms with Crippen LogP contribution in [-0.2, 0) is 0 Å². The lowest BCUT2D eigenvalue weighted by atomic mass is 10.0. The van der Waals surface area contributed by atoms with Gasteiger partial charge >= 0.3 is 0 Å². The first-order valence-electron chi connectivity index (χ1n) is 5.93. The van der Waals surface area contributed by atoms with Crippen LogP contribution in [0.5, 0.6) is 0 Å². The van der Waals surface area contributed by atoms with E-state index in [4.69, 9.17) is 0 Å². The van der Waals surface area contributed by atoms with Gasteiger partial charge in [0, 0.05) is 5.69 Å². The fourth-order valence-electron chi connectivity index (χ4n) is 1.62. The Bertz CT molecular complexity index is 341. The summed E-state index contributed by atoms with van der Waals surface area (Å²) in [5.74, 6) is 0. The highest BCUT2D eigenvalue weighted by atomic mass is 14.8. The lowest BCUT2D eigenvalue weighted by Crippen LogP contribution is -1.92. The van der Waals surface area contributed by atoms with Crippen LogP contribution >= 0.6 is 0 Å². The van der Waals surface area contributed by atoms with Gasteiger partial charge in [-0.05, 0) is 68.6 Å². The monoisotopic (exact) mass is 216 g/mol. The van der Waals surface area contributed by atoms with Crippen LogP contribution in [0.25, 0.3) is 0 Å². The molecule has 0 aliphatic rings. The molecule has 1 heteroatoms. The quantitative estimate of drug-likeness (QED) is 0.712. The van der Waals surface area contributed by atoms with Crippen LogP contribution in [-0.4, -0.2) is 0 Å². The second-order valence-corrected chi connectivity index (χ2v) is 4.28. The van der Waals surface area contributed by atoms with Crippen LogP contribution in [0.3, 0.4) is 0 Å². The third kappa shape index (κ3) is 3.73. The van der Waals surface area contributed by atoms with Gasteiger partial charge in [0.2, 0.25) is 0 Å². The molecule has 1 aromatic rings. The molecule has 0 aliphatic carbocycles. The van der Waals surface area contributed by atoms with Gasteiger partial charge in [0.25, 0.3) is 0 Å². The molecule has 1 aromatic carbocycles. The molecule has 0 aliphatic heterocycles. The Labute approximate surface area is 99.6 Å². The maximum absolute atomic E-state index is 3.82. The standard InChI is InChI=1S/C15H22N/c1-5-6-7-8-9-16-15-10-12(2)14(4)13(3)11-15/h8-11,16H,1,5-7H2,2-4H3/b9-8+. The van der Waals surface area contributed by atoms with Gasteiger partial charge in [0.15, 0.2) is 0 Å². The average molecular weight is 216 g/mol. The molecule has 1 nitrogen and oxygen atoms in total. The van der Waals surface area contributed by atoms with Crippen LogP contribution in [0.2, 0.25) is 0 Å². The fraction of sp³-hybridized carbons (Fsp3) is 0.400. The van der Waals surface area contributed by atoms with E-state index in [2.05, 4.69) is 51.2 Å². The Morgan fingerprint density at radius 2 is 1.81 bits per heavy atom. The number of benzene rings is 1. The summed E-state index contributed by atoms with van der Waals surface area (Å²) in [6.07, 6.45) is 7.45. The van der Waals surface area contributed by atoms with E-state index in [1.54, 1.807) is 0 Å². The van der Waals surface area contributed by atoms with E-state index in [-0.39, 0.29) is 0 Å². The summed E-state index contributed by atoms with van der Waals surface area (Å²) in [5, 5.41) is 3.31. The van der Waals surface area contributed by atoms with Crippen molar-refractivity contribution in [2.24, 2.45) is 0 Å². The number of rotatable bonds is 5. The second-order valence-electron chi connectivity index (χ2n) is 4.28. The summed E-state index contributed by atoms with van der Waals surface area (Å²) >= 11 is 0. The Morgan fingerprint density at radius 3 is 2.38 bits per heavy atom. The van der Waals surface area contributed by atoms with Crippen molar-refractivity contribution in [2.45, 2.75) is 40.0 Å². The molecule has 87 valence electrons. The molecule has 0 unspecified atom stereocenters. The highest BCUT2D eigenvalue weighted by Crippen LogP contribution is 2.18. The largest absolute Gasteiger partial charge is 0.362 e. The number of unbranched alkanes of at least 4 members (excludes halogenated alkanes) is 2. The third-order valence-electron chi connectivity index (χ3n) is 2.92. The molecule has 1 radical (unpaired) electrons. The Kier molecular flexibility index (Phi) is 5.10. The molecular formula is C15H22N. The maximum atomic E-state index is 3.82. The zero-order valence-corrected chi connectivity index (χ0v) is 10.6. The van der Waals surface area contributed by atoms with Crippen LogP contribution in [0.15, 0.2) is 24.4 Å². The van der Waals surface area contributed by atoms with Gasteiger partial charge in [-0.15, -0.1) is 0 Å². The highest BCUT2D eigenvalue weighted by Gasteiger charge is 1.98. The summed E-state index contributed by atoms with van der Waals surface area (Å²) in [5.41, 5.74) is 5.24. The summed E-state index contributed by atoms with van der Waals surface area (Å²) in [7, 11) is 0. The second kappa shape index (κ2) is 6.37. The predicted molar refractivity (Wildman–Crippen MR) is 72.6 cm³/mol. The van der Waals surface area contributed by atoms with Crippen LogP contribution in [0.4, 0.5) is 5.69 Å². The molecule has 0 saturated heterocycles. The molecule has 0 amide bonds. The van der Waals surface area contributed by atoms with E-state index in [1.165, 1.54) is 22.4 Å². The van der Waals surface area contributed by atoms with E-state index in [1.807, 2.05) is 6.20 Å². The van der Waals surface area contributed by atoms with Crippen molar-refractivity contribution in [1.29, 1.82) is 0 Å². The van der Waals surface area contributed by atoms with E-state index >= 15 is 0 Å². The fourth-order valence-corrected chi connectivity index (χ4v) is 1.62. The minimum Gasteiger partial charge on any atom is -0.362 e. The summed E-state index contributed by atoms with van der Waals surface area (Å²) in [4.78, 5) is 0. The van der Waals surface area contributed by atoms with Crippen LogP contribution < -0.4 is 5.32 Å². The number of hydrogen-bond donors (Lipinski definition) is 1. The van der Waals surface area contributed by atoms with Gasteiger partial charge in [0.05, 0.1) is 0 Å². The number of aryl methyl sites for hydroxylation is 2. The Balaban J connectivity index is 2.58. The zero-order valence-electron chi connectivity index (χ0n) is 10.6. The van der Waals surface area contributed by atoms with Crippen molar-refractivity contribution in [2.75, 3.05) is 5.32 Å². The van der Waals surface area contributed by atoms with Gasteiger partial charge < -0.3 is 5.32 Å². The summed E-state index contributed by atoms with van der Waals surface area (Å²) in [6.45, 7) is 10.3. The van der Waals surface area contributed by atoms with E-state index in [9.17, 15) is 0 Å². The van der Waals surface area contributed by atoms with Crippen molar-refractivity contribution >= 4 is 5.69 Å². The van der Waals surface area contributed by atoms with Crippen molar-refractivity contribution in [3.05, 3.63) is 48.0 Å².